The molecule has 2 heterocycles. The molecule has 2 aliphatic rings. The van der Waals surface area contributed by atoms with Crippen LogP contribution in [0.1, 0.15) is 12.8 Å². The summed E-state index contributed by atoms with van der Waals surface area (Å²) >= 11 is 3.43. The van der Waals surface area contributed by atoms with Gasteiger partial charge in [-0.2, -0.15) is 0 Å². The van der Waals surface area contributed by atoms with Gasteiger partial charge in [0.2, 0.25) is 0 Å². The second-order valence-corrected chi connectivity index (χ2v) is 6.18. The molecular weight excluding hydrogens is 356 g/mol. The topological polar surface area (TPSA) is 74.1 Å². The summed E-state index contributed by atoms with van der Waals surface area (Å²) in [6, 6.07) is 2.96. The first-order valence-corrected chi connectivity index (χ1v) is 7.89. The van der Waals surface area contributed by atoms with Crippen LogP contribution < -0.4 is 9.64 Å². The molecule has 120 valence electrons. The number of anilines is 1. The monoisotopic (exact) mass is 372 g/mol. The maximum atomic E-state index is 11.0. The van der Waals surface area contributed by atoms with Crippen molar-refractivity contribution in [1.82, 2.24) is 0 Å². The van der Waals surface area contributed by atoms with E-state index in [1.807, 2.05) is 0 Å². The fourth-order valence-corrected chi connectivity index (χ4v) is 3.67. The van der Waals surface area contributed by atoms with Gasteiger partial charge in [0.1, 0.15) is 5.75 Å². The quantitative estimate of drug-likeness (QED) is 0.599. The smallest absolute Gasteiger partial charge is 0.274 e. The minimum absolute atomic E-state index is 0.00316. The SMILES string of the molecule is COc1cc([N+](=O)[O-])cc(Br)c1N1CCC2(CC1)OCCO2. The molecule has 1 aromatic carbocycles. The number of hydrogen-bond acceptors (Lipinski definition) is 6. The predicted molar refractivity (Wildman–Crippen MR) is 83.4 cm³/mol. The van der Waals surface area contributed by atoms with E-state index in [1.165, 1.54) is 19.2 Å². The number of hydrogen-bond donors (Lipinski definition) is 0. The lowest BCUT2D eigenvalue weighted by Crippen LogP contribution is -2.45. The number of benzene rings is 1. The predicted octanol–water partition coefficient (Wildman–Crippen LogP) is 2.71. The zero-order valence-corrected chi connectivity index (χ0v) is 13.8. The Hall–Kier alpha value is -1.38. The van der Waals surface area contributed by atoms with Crippen LogP contribution in [0.4, 0.5) is 11.4 Å². The molecule has 1 aromatic rings. The fourth-order valence-electron chi connectivity index (χ4n) is 2.98. The third kappa shape index (κ3) is 2.78. The molecule has 0 N–H and O–H groups in total. The van der Waals surface area contributed by atoms with Gasteiger partial charge in [0, 0.05) is 32.0 Å². The van der Waals surface area contributed by atoms with Gasteiger partial charge in [-0.15, -0.1) is 0 Å². The number of rotatable bonds is 3. The Labute approximate surface area is 136 Å². The number of non-ortho nitro benzene ring substituents is 1. The zero-order valence-electron chi connectivity index (χ0n) is 12.2. The molecule has 0 aromatic heterocycles. The third-order valence-electron chi connectivity index (χ3n) is 4.10. The third-order valence-corrected chi connectivity index (χ3v) is 4.70. The van der Waals surface area contributed by atoms with Crippen LogP contribution in [0.2, 0.25) is 0 Å². The molecule has 0 radical (unpaired) electrons. The highest BCUT2D eigenvalue weighted by Gasteiger charge is 2.40. The molecule has 22 heavy (non-hydrogen) atoms. The number of halogens is 1. The molecule has 3 rings (SSSR count). The lowest BCUT2D eigenvalue weighted by molar-refractivity contribution is -0.385. The summed E-state index contributed by atoms with van der Waals surface area (Å²) in [5.41, 5.74) is 0.837. The summed E-state index contributed by atoms with van der Waals surface area (Å²) < 4.78 is 17.4. The van der Waals surface area contributed by atoms with Crippen LogP contribution in [0.15, 0.2) is 16.6 Å². The molecule has 0 aliphatic carbocycles. The maximum absolute atomic E-state index is 11.0. The summed E-state index contributed by atoms with van der Waals surface area (Å²) in [7, 11) is 1.52. The van der Waals surface area contributed by atoms with Crippen LogP contribution in [0.25, 0.3) is 0 Å². The average Bonchev–Trinajstić information content (AvgIpc) is 2.96. The van der Waals surface area contributed by atoms with Crippen LogP contribution in [-0.4, -0.2) is 44.1 Å². The van der Waals surface area contributed by atoms with Gasteiger partial charge in [-0.05, 0) is 15.9 Å². The minimum atomic E-state index is -0.447. The Bertz CT molecular complexity index is 579. The molecule has 0 saturated carbocycles. The lowest BCUT2D eigenvalue weighted by atomic mass is 10.0. The molecule has 0 unspecified atom stereocenters. The van der Waals surface area contributed by atoms with E-state index < -0.39 is 10.7 Å². The van der Waals surface area contributed by atoms with E-state index in [2.05, 4.69) is 20.8 Å². The highest BCUT2D eigenvalue weighted by Crippen LogP contribution is 2.42. The largest absolute Gasteiger partial charge is 0.494 e. The van der Waals surface area contributed by atoms with Gasteiger partial charge in [0.05, 0.1) is 41.5 Å². The van der Waals surface area contributed by atoms with E-state index in [1.54, 1.807) is 0 Å². The molecular formula is C14H17BrN2O5. The van der Waals surface area contributed by atoms with Crippen molar-refractivity contribution in [3.05, 3.63) is 26.7 Å². The van der Waals surface area contributed by atoms with Crippen molar-refractivity contribution in [3.63, 3.8) is 0 Å². The maximum Gasteiger partial charge on any atom is 0.274 e. The van der Waals surface area contributed by atoms with Gasteiger partial charge in [0.15, 0.2) is 5.79 Å². The molecule has 2 aliphatic heterocycles. The minimum Gasteiger partial charge on any atom is -0.494 e. The van der Waals surface area contributed by atoms with Gasteiger partial charge in [-0.25, -0.2) is 0 Å². The first-order valence-electron chi connectivity index (χ1n) is 7.09. The van der Waals surface area contributed by atoms with E-state index in [-0.39, 0.29) is 5.69 Å². The highest BCUT2D eigenvalue weighted by molar-refractivity contribution is 9.10. The van der Waals surface area contributed by atoms with E-state index in [4.69, 9.17) is 14.2 Å². The van der Waals surface area contributed by atoms with Crippen molar-refractivity contribution in [2.24, 2.45) is 0 Å². The highest BCUT2D eigenvalue weighted by atomic mass is 79.9. The van der Waals surface area contributed by atoms with Crippen molar-refractivity contribution < 1.29 is 19.1 Å². The van der Waals surface area contributed by atoms with Crippen molar-refractivity contribution in [1.29, 1.82) is 0 Å². The molecule has 0 amide bonds. The van der Waals surface area contributed by atoms with Crippen LogP contribution >= 0.6 is 15.9 Å². The Kier molecular flexibility index (Phi) is 4.24. The van der Waals surface area contributed by atoms with E-state index in [0.717, 1.165) is 31.6 Å². The van der Waals surface area contributed by atoms with Crippen LogP contribution in [-0.2, 0) is 9.47 Å². The summed E-state index contributed by atoms with van der Waals surface area (Å²) in [6.45, 7) is 2.77. The van der Waals surface area contributed by atoms with Gasteiger partial charge < -0.3 is 19.1 Å². The van der Waals surface area contributed by atoms with Crippen molar-refractivity contribution in [2.45, 2.75) is 18.6 Å². The second-order valence-electron chi connectivity index (χ2n) is 5.33. The number of ether oxygens (including phenoxy) is 3. The number of piperidine rings is 1. The Balaban J connectivity index is 1.84. The van der Waals surface area contributed by atoms with Crippen LogP contribution in [0.5, 0.6) is 5.75 Å². The normalized spacial score (nSPS) is 20.4. The van der Waals surface area contributed by atoms with Crippen molar-refractivity contribution in [3.8, 4) is 5.75 Å². The molecule has 7 nitrogen and oxygen atoms in total. The zero-order chi connectivity index (χ0) is 15.7. The first kappa shape index (κ1) is 15.5. The van der Waals surface area contributed by atoms with E-state index in [0.29, 0.717) is 23.4 Å². The van der Waals surface area contributed by atoms with Gasteiger partial charge >= 0.3 is 0 Å². The molecule has 8 heteroatoms. The summed E-state index contributed by atoms with van der Waals surface area (Å²) in [5.74, 6) is 0.0436. The fraction of sp³-hybridized carbons (Fsp3) is 0.571. The summed E-state index contributed by atoms with van der Waals surface area (Å²) in [5, 5.41) is 11.0. The molecule has 2 saturated heterocycles. The first-order chi connectivity index (χ1) is 10.5. The van der Waals surface area contributed by atoms with Gasteiger partial charge in [-0.1, -0.05) is 0 Å². The van der Waals surface area contributed by atoms with Crippen molar-refractivity contribution in [2.75, 3.05) is 38.3 Å². The second kappa shape index (κ2) is 6.02. The van der Waals surface area contributed by atoms with Crippen molar-refractivity contribution >= 4 is 27.3 Å². The van der Waals surface area contributed by atoms with Gasteiger partial charge in [-0.3, -0.25) is 10.1 Å². The number of methoxy groups -OCH3 is 1. The number of nitrogens with zero attached hydrogens (tertiary/aromatic N) is 2. The summed E-state index contributed by atoms with van der Waals surface area (Å²) in [6.07, 6.45) is 1.53. The summed E-state index contributed by atoms with van der Waals surface area (Å²) in [4.78, 5) is 12.7. The lowest BCUT2D eigenvalue weighted by Gasteiger charge is -2.39. The molecule has 0 bridgehead atoms. The Morgan fingerprint density at radius 3 is 2.50 bits per heavy atom. The Morgan fingerprint density at radius 2 is 1.95 bits per heavy atom. The molecule has 1 spiro atoms. The number of nitro benzene ring substituents is 1. The molecule has 0 atom stereocenters. The standard InChI is InChI=1S/C14H17BrN2O5/c1-20-12-9-10(17(18)19)8-11(15)13(12)16-4-2-14(3-5-16)21-6-7-22-14/h8-9H,2-7H2,1H3. The van der Waals surface area contributed by atoms with Crippen LogP contribution in [0.3, 0.4) is 0 Å². The van der Waals surface area contributed by atoms with Gasteiger partial charge in [0.25, 0.3) is 5.69 Å². The average molecular weight is 373 g/mol. The molecule has 2 fully saturated rings. The van der Waals surface area contributed by atoms with E-state index >= 15 is 0 Å². The van der Waals surface area contributed by atoms with Crippen LogP contribution in [0, 0.1) is 10.1 Å². The Morgan fingerprint density at radius 1 is 1.32 bits per heavy atom. The van der Waals surface area contributed by atoms with E-state index in [9.17, 15) is 10.1 Å². The number of nitro groups is 1.